The number of nitrogens with one attached hydrogen (secondary N) is 1. The molecule has 0 spiro atoms. The van der Waals surface area contributed by atoms with E-state index < -0.39 is 11.6 Å². The zero-order chi connectivity index (χ0) is 19.7. The van der Waals surface area contributed by atoms with E-state index in [1.165, 1.54) is 18.2 Å². The summed E-state index contributed by atoms with van der Waals surface area (Å²) in [5.41, 5.74) is 0.933. The van der Waals surface area contributed by atoms with Crippen molar-refractivity contribution in [1.82, 2.24) is 9.88 Å². The molecule has 1 fully saturated rings. The lowest BCUT2D eigenvalue weighted by molar-refractivity contribution is 0.0942. The lowest BCUT2D eigenvalue weighted by atomic mass is 10.2. The highest BCUT2D eigenvalue weighted by atomic mass is 19.1. The summed E-state index contributed by atoms with van der Waals surface area (Å²) in [5, 5.41) is 3.66. The molecule has 1 N–H and O–H groups in total. The largest absolute Gasteiger partial charge is 0.489 e. The topological polar surface area (TPSA) is 43.3 Å². The Hall–Kier alpha value is -3.15. The molecule has 4 rings (SSSR count). The van der Waals surface area contributed by atoms with Crippen molar-refractivity contribution in [3.63, 3.8) is 0 Å². The van der Waals surface area contributed by atoms with Gasteiger partial charge in [-0.05, 0) is 43.2 Å². The molecule has 1 amide bonds. The number of carbonyl (C=O) groups is 1. The number of fused-ring (bicyclic) bond motifs is 1. The van der Waals surface area contributed by atoms with Crippen molar-refractivity contribution in [2.45, 2.75) is 25.4 Å². The normalized spacial score (nSPS) is 13.5. The number of amides is 1. The molecule has 144 valence electrons. The maximum absolute atomic E-state index is 14.3. The Balaban J connectivity index is 1.83. The molecule has 0 unspecified atom stereocenters. The van der Waals surface area contributed by atoms with Gasteiger partial charge in [0.25, 0.3) is 5.91 Å². The molecular weight excluding hydrogens is 362 g/mol. The fourth-order valence-corrected chi connectivity index (χ4v) is 3.22. The van der Waals surface area contributed by atoms with Crippen LogP contribution in [0.2, 0.25) is 0 Å². The molecule has 4 nitrogen and oxygen atoms in total. The molecule has 1 saturated carbocycles. The minimum atomic E-state index is -0.644. The molecule has 1 aliphatic rings. The summed E-state index contributed by atoms with van der Waals surface area (Å²) in [6, 6.07) is 11.0. The maximum Gasteiger partial charge on any atom is 0.268 e. The SMILES string of the molecule is C=CCOc1cccc2c1cc(C(=O)NC1CC1)n2Cc1c(F)cccc1F. The van der Waals surface area contributed by atoms with Gasteiger partial charge in [0.2, 0.25) is 0 Å². The van der Waals surface area contributed by atoms with Gasteiger partial charge in [0.1, 0.15) is 29.7 Å². The predicted molar refractivity (Wildman–Crippen MR) is 104 cm³/mol. The van der Waals surface area contributed by atoms with E-state index in [2.05, 4.69) is 11.9 Å². The van der Waals surface area contributed by atoms with Crippen molar-refractivity contribution < 1.29 is 18.3 Å². The standard InChI is InChI=1S/C22H20F2N2O2/c1-2-11-28-21-8-4-7-19-15(21)12-20(22(27)25-14-9-10-14)26(19)13-16-17(23)5-3-6-18(16)24/h2-8,12,14H,1,9-11,13H2,(H,25,27). The van der Waals surface area contributed by atoms with Crippen LogP contribution >= 0.6 is 0 Å². The van der Waals surface area contributed by atoms with Gasteiger partial charge < -0.3 is 14.6 Å². The van der Waals surface area contributed by atoms with Gasteiger partial charge in [-0.2, -0.15) is 0 Å². The van der Waals surface area contributed by atoms with Crippen molar-refractivity contribution in [3.8, 4) is 5.75 Å². The van der Waals surface area contributed by atoms with Crippen molar-refractivity contribution in [2.75, 3.05) is 6.61 Å². The third-order valence-electron chi connectivity index (χ3n) is 4.79. The first-order valence-corrected chi connectivity index (χ1v) is 9.18. The monoisotopic (exact) mass is 382 g/mol. The van der Waals surface area contributed by atoms with Crippen LogP contribution in [0.15, 0.2) is 55.1 Å². The molecule has 28 heavy (non-hydrogen) atoms. The number of rotatable bonds is 7. The van der Waals surface area contributed by atoms with Gasteiger partial charge in [0.15, 0.2) is 0 Å². The number of ether oxygens (including phenoxy) is 1. The number of benzene rings is 2. The fraction of sp³-hybridized carbons (Fsp3) is 0.227. The first-order valence-electron chi connectivity index (χ1n) is 9.18. The highest BCUT2D eigenvalue weighted by molar-refractivity contribution is 6.00. The molecule has 0 bridgehead atoms. The summed E-state index contributed by atoms with van der Waals surface area (Å²) in [7, 11) is 0. The molecule has 6 heteroatoms. The van der Waals surface area contributed by atoms with Crippen LogP contribution in [-0.2, 0) is 6.54 Å². The average Bonchev–Trinajstić information content (AvgIpc) is 3.41. The highest BCUT2D eigenvalue weighted by Gasteiger charge is 2.27. The molecule has 0 radical (unpaired) electrons. The number of hydrogen-bond acceptors (Lipinski definition) is 2. The van der Waals surface area contributed by atoms with Crippen LogP contribution in [0.5, 0.6) is 5.75 Å². The summed E-state index contributed by atoms with van der Waals surface area (Å²) in [4.78, 5) is 12.8. The van der Waals surface area contributed by atoms with E-state index in [1.807, 2.05) is 6.07 Å². The Morgan fingerprint density at radius 1 is 1.21 bits per heavy atom. The summed E-state index contributed by atoms with van der Waals surface area (Å²) in [5.74, 6) is -0.959. The Morgan fingerprint density at radius 2 is 1.93 bits per heavy atom. The average molecular weight is 382 g/mol. The first-order chi connectivity index (χ1) is 13.6. The third-order valence-corrected chi connectivity index (χ3v) is 4.79. The van der Waals surface area contributed by atoms with E-state index >= 15 is 0 Å². The predicted octanol–water partition coefficient (Wildman–Crippen LogP) is 4.42. The summed E-state index contributed by atoms with van der Waals surface area (Å²) >= 11 is 0. The summed E-state index contributed by atoms with van der Waals surface area (Å²) in [6.07, 6.45) is 3.52. The smallest absolute Gasteiger partial charge is 0.268 e. The van der Waals surface area contributed by atoms with Crippen molar-refractivity contribution in [1.29, 1.82) is 0 Å². The van der Waals surface area contributed by atoms with E-state index in [0.29, 0.717) is 29.0 Å². The van der Waals surface area contributed by atoms with E-state index in [9.17, 15) is 13.6 Å². The molecule has 1 aliphatic carbocycles. The minimum Gasteiger partial charge on any atom is -0.489 e. The van der Waals surface area contributed by atoms with Gasteiger partial charge >= 0.3 is 0 Å². The van der Waals surface area contributed by atoms with Gasteiger partial charge in [-0.15, -0.1) is 0 Å². The molecule has 0 aliphatic heterocycles. The van der Waals surface area contributed by atoms with Crippen LogP contribution in [0.1, 0.15) is 28.9 Å². The van der Waals surface area contributed by atoms with Crippen LogP contribution in [0.4, 0.5) is 8.78 Å². The molecule has 1 heterocycles. The highest BCUT2D eigenvalue weighted by Crippen LogP contribution is 2.31. The Morgan fingerprint density at radius 3 is 2.61 bits per heavy atom. The number of carbonyl (C=O) groups excluding carboxylic acids is 1. The molecule has 0 atom stereocenters. The second-order valence-corrected chi connectivity index (χ2v) is 6.85. The van der Waals surface area contributed by atoms with E-state index in [1.54, 1.807) is 28.8 Å². The van der Waals surface area contributed by atoms with E-state index in [0.717, 1.165) is 12.8 Å². The molecule has 2 aromatic carbocycles. The van der Waals surface area contributed by atoms with Gasteiger partial charge in [-0.1, -0.05) is 24.8 Å². The third kappa shape index (κ3) is 3.50. The zero-order valence-electron chi connectivity index (χ0n) is 15.3. The Labute approximate surface area is 161 Å². The van der Waals surface area contributed by atoms with Crippen molar-refractivity contribution >= 4 is 16.8 Å². The number of halogens is 2. The van der Waals surface area contributed by atoms with Crippen LogP contribution in [-0.4, -0.2) is 23.1 Å². The second kappa shape index (κ2) is 7.46. The van der Waals surface area contributed by atoms with Crippen molar-refractivity contribution in [2.24, 2.45) is 0 Å². The fourth-order valence-electron chi connectivity index (χ4n) is 3.22. The summed E-state index contributed by atoms with van der Waals surface area (Å²) in [6.45, 7) is 3.86. The lowest BCUT2D eigenvalue weighted by Crippen LogP contribution is -2.28. The quantitative estimate of drug-likeness (QED) is 0.615. The summed E-state index contributed by atoms with van der Waals surface area (Å²) < 4.78 is 35.8. The Bertz CT molecular complexity index is 1030. The zero-order valence-corrected chi connectivity index (χ0v) is 15.3. The minimum absolute atomic E-state index is 0.0853. The van der Waals surface area contributed by atoms with Crippen LogP contribution < -0.4 is 10.1 Å². The van der Waals surface area contributed by atoms with Gasteiger partial charge in [0.05, 0.1) is 12.1 Å². The number of hydrogen-bond donors (Lipinski definition) is 1. The lowest BCUT2D eigenvalue weighted by Gasteiger charge is -2.13. The van der Waals surface area contributed by atoms with E-state index in [4.69, 9.17) is 4.74 Å². The number of aromatic nitrogens is 1. The van der Waals surface area contributed by atoms with Crippen molar-refractivity contribution in [3.05, 3.63) is 78.0 Å². The molecule has 1 aromatic heterocycles. The van der Waals surface area contributed by atoms with Gasteiger partial charge in [-0.25, -0.2) is 8.78 Å². The Kier molecular flexibility index (Phi) is 4.86. The maximum atomic E-state index is 14.3. The molecular formula is C22H20F2N2O2. The van der Waals surface area contributed by atoms with E-state index in [-0.39, 0.29) is 24.1 Å². The first kappa shape index (κ1) is 18.2. The number of nitrogens with zero attached hydrogens (tertiary/aromatic N) is 1. The second-order valence-electron chi connectivity index (χ2n) is 6.85. The molecule has 3 aromatic rings. The molecule has 0 saturated heterocycles. The van der Waals surface area contributed by atoms with Crippen LogP contribution in [0.3, 0.4) is 0 Å². The van der Waals surface area contributed by atoms with Gasteiger partial charge in [-0.3, -0.25) is 4.79 Å². The van der Waals surface area contributed by atoms with Crippen LogP contribution in [0, 0.1) is 11.6 Å². The van der Waals surface area contributed by atoms with Crippen LogP contribution in [0.25, 0.3) is 10.9 Å². The van der Waals surface area contributed by atoms with Gasteiger partial charge in [0, 0.05) is 17.0 Å².